The van der Waals surface area contributed by atoms with Gasteiger partial charge in [-0.1, -0.05) is 93.5 Å². The van der Waals surface area contributed by atoms with Gasteiger partial charge in [-0.25, -0.2) is 40.4 Å². The van der Waals surface area contributed by atoms with Crippen LogP contribution < -0.4 is 22.8 Å². The van der Waals surface area contributed by atoms with E-state index in [0.717, 1.165) is 118 Å². The summed E-state index contributed by atoms with van der Waals surface area (Å²) in [6.45, 7) is 50.7. The van der Waals surface area contributed by atoms with E-state index in [9.17, 15) is 39.5 Å². The summed E-state index contributed by atoms with van der Waals surface area (Å²) in [7, 11) is 9.95. The largest absolute Gasteiger partial charge is 0.437 e. The highest BCUT2D eigenvalue weighted by Crippen LogP contribution is 2.47. The molecule has 0 N–H and O–H groups in total. The average Bonchev–Trinajstić information content (AvgIpc) is 1.60. The third-order valence-electron chi connectivity index (χ3n) is 27.1. The number of furan rings is 5. The molecule has 0 radical (unpaired) electrons. The van der Waals surface area contributed by atoms with Crippen molar-refractivity contribution in [3.05, 3.63) is 292 Å². The number of pyridine rings is 10. The molecule has 15 aromatic heterocycles. The summed E-state index contributed by atoms with van der Waals surface area (Å²) >= 11 is 0. The number of halogens is 9. The molecule has 0 bridgehead atoms. The van der Waals surface area contributed by atoms with Gasteiger partial charge in [-0.05, 0) is 242 Å². The molecular formula is C115H116F9N10O5+5. The number of benzene rings is 5. The van der Waals surface area contributed by atoms with Crippen molar-refractivity contribution in [2.45, 2.75) is 203 Å². The van der Waals surface area contributed by atoms with E-state index < -0.39 is 41.4 Å². The maximum atomic E-state index is 15.0. The van der Waals surface area contributed by atoms with E-state index in [4.69, 9.17) is 22.1 Å². The van der Waals surface area contributed by atoms with E-state index in [2.05, 4.69) is 226 Å². The Morgan fingerprint density at radius 1 is 0.230 bits per heavy atom. The quantitative estimate of drug-likeness (QED) is 0.0735. The molecule has 15 heterocycles. The van der Waals surface area contributed by atoms with Crippen LogP contribution in [0.1, 0.15) is 210 Å². The van der Waals surface area contributed by atoms with Gasteiger partial charge in [-0.2, -0.15) is 46.9 Å². The van der Waals surface area contributed by atoms with Gasteiger partial charge in [0.15, 0.2) is 58.9 Å². The number of hydrogen-bond acceptors (Lipinski definition) is 10. The second-order valence-corrected chi connectivity index (χ2v) is 39.2. The molecule has 0 saturated heterocycles. The smallest absolute Gasteiger partial charge is 0.232 e. The fourth-order valence-electron chi connectivity index (χ4n) is 20.5. The van der Waals surface area contributed by atoms with Crippen LogP contribution in [0.5, 0.6) is 0 Å². The Labute approximate surface area is 801 Å². The molecule has 0 spiro atoms. The van der Waals surface area contributed by atoms with Crippen molar-refractivity contribution in [1.82, 2.24) is 24.9 Å². The van der Waals surface area contributed by atoms with Crippen LogP contribution in [0, 0.1) is 157 Å². The zero-order valence-electron chi connectivity index (χ0n) is 84.4. The zero-order chi connectivity index (χ0) is 101. The Balaban J connectivity index is 0.000000125. The van der Waals surface area contributed by atoms with Crippen molar-refractivity contribution in [3.63, 3.8) is 0 Å². The van der Waals surface area contributed by atoms with Gasteiger partial charge in [0, 0.05) is 96.9 Å². The van der Waals surface area contributed by atoms with E-state index in [-0.39, 0.29) is 50.8 Å². The summed E-state index contributed by atoms with van der Waals surface area (Å²) in [6.07, 6.45) is 10.5. The molecule has 24 heteroatoms. The topological polar surface area (TPSA) is 150 Å². The molecule has 714 valence electrons. The van der Waals surface area contributed by atoms with E-state index in [0.29, 0.717) is 101 Å². The molecule has 20 rings (SSSR count). The summed E-state index contributed by atoms with van der Waals surface area (Å²) in [5.41, 5.74) is 32.3. The summed E-state index contributed by atoms with van der Waals surface area (Å²) in [6, 6.07) is 28.7. The van der Waals surface area contributed by atoms with Crippen LogP contribution >= 0.6 is 0 Å². The van der Waals surface area contributed by atoms with Crippen molar-refractivity contribution in [2.24, 2.45) is 35.2 Å². The molecule has 139 heavy (non-hydrogen) atoms. The first-order valence-electron chi connectivity index (χ1n) is 46.8. The van der Waals surface area contributed by atoms with Gasteiger partial charge in [0.05, 0.1) is 60.1 Å². The normalized spacial score (nSPS) is 11.9. The highest BCUT2D eigenvalue weighted by Gasteiger charge is 2.34. The first-order valence-corrected chi connectivity index (χ1v) is 46.8. The van der Waals surface area contributed by atoms with E-state index in [1.165, 1.54) is 86.8 Å². The highest BCUT2D eigenvalue weighted by atomic mass is 19.2. The molecule has 0 aliphatic rings. The number of nitrogens with zero attached hydrogens (tertiary/aromatic N) is 10. The van der Waals surface area contributed by atoms with Crippen molar-refractivity contribution >= 4 is 110 Å². The Hall–Kier alpha value is -14.0. The monoisotopic (exact) mass is 1890 g/mol. The number of aryl methyl sites for hydroxylation is 19. The zero-order valence-corrected chi connectivity index (χ0v) is 84.4. The van der Waals surface area contributed by atoms with Crippen LogP contribution in [0.2, 0.25) is 0 Å². The number of aromatic nitrogens is 10. The van der Waals surface area contributed by atoms with Crippen molar-refractivity contribution < 1.29 is 84.4 Å². The third kappa shape index (κ3) is 17.6. The Morgan fingerprint density at radius 2 is 0.547 bits per heavy atom. The molecule has 0 atom stereocenters. The lowest BCUT2D eigenvalue weighted by atomic mass is 9.93. The minimum Gasteiger partial charge on any atom is -0.437 e. The van der Waals surface area contributed by atoms with Gasteiger partial charge in [0.1, 0.15) is 58.5 Å². The van der Waals surface area contributed by atoms with Gasteiger partial charge < -0.3 is 22.1 Å². The molecule has 0 fully saturated rings. The van der Waals surface area contributed by atoms with E-state index in [1.807, 2.05) is 94.7 Å². The van der Waals surface area contributed by atoms with Crippen LogP contribution in [0.4, 0.5) is 39.5 Å². The first-order chi connectivity index (χ1) is 65.5. The van der Waals surface area contributed by atoms with E-state index >= 15 is 0 Å². The Bertz CT molecular complexity index is 8300. The predicted octanol–water partition coefficient (Wildman–Crippen LogP) is 28.9. The lowest BCUT2D eigenvalue weighted by Gasteiger charge is -2.13. The molecule has 0 aliphatic heterocycles. The van der Waals surface area contributed by atoms with Crippen LogP contribution in [0.3, 0.4) is 0 Å². The van der Waals surface area contributed by atoms with Crippen molar-refractivity contribution in [2.75, 3.05) is 0 Å². The predicted molar refractivity (Wildman–Crippen MR) is 532 cm³/mol. The molecule has 15 nitrogen and oxygen atoms in total. The first kappa shape index (κ1) is 98.0. The highest BCUT2D eigenvalue weighted by molar-refractivity contribution is 6.14. The average molecular weight is 1890 g/mol. The molecular weight excluding hydrogens is 1770 g/mol. The molecule has 0 unspecified atom stereocenters. The lowest BCUT2D eigenvalue weighted by molar-refractivity contribution is -0.660. The Morgan fingerprint density at radius 3 is 0.986 bits per heavy atom. The molecule has 20 aromatic rings. The molecule has 5 aromatic carbocycles. The van der Waals surface area contributed by atoms with Crippen molar-refractivity contribution in [3.8, 4) is 56.3 Å². The van der Waals surface area contributed by atoms with Crippen LogP contribution in [0.25, 0.3) is 167 Å². The van der Waals surface area contributed by atoms with Crippen LogP contribution in [0.15, 0.2) is 150 Å². The van der Waals surface area contributed by atoms with Gasteiger partial charge in [0.2, 0.25) is 86.8 Å². The third-order valence-corrected chi connectivity index (χ3v) is 27.1. The molecule has 0 aliphatic carbocycles. The van der Waals surface area contributed by atoms with Gasteiger partial charge in [-0.3, -0.25) is 0 Å². The maximum Gasteiger partial charge on any atom is 0.232 e. The summed E-state index contributed by atoms with van der Waals surface area (Å²) in [4.78, 5) is 19.3. The standard InChI is InChI=1S/4C23H23F2N2O.C23H24FN2O/c1-11(2)15-9-18(27(6)10-14(15)5)19-12(3)8-17(24)20-16-7-13(4)22(25)26-23(16)28-21(19)20;1-11(2)15-9-17(27(6)10-14(15)5)19-12(3)7-16(24)21-20-13(4)8-18(25)26-23(20)28-22(19)21;1-11(2)15-8-17(27(6)10-14(15)5)19-12(3)7-13(4)20-21-16(24)9-18(25)26-23(21)28-22(19)20;1-11(2)16-9-17(27(6)10-13(16)4)18-12(3)7-8-15-19-20(24)14(5)22(25)26-23(19)28-21(15)18;1-12(2)17-10-18(26(6)11-15(17)5)21-14(4)9-13(3)20-16-7-8-19(24)25-23(16)27-22(20)21/h4*7-11H,1-6H3;7-12H,1-6H3/q5*+1. The second-order valence-electron chi connectivity index (χ2n) is 39.2. The van der Waals surface area contributed by atoms with E-state index in [1.54, 1.807) is 26.0 Å². The maximum absolute atomic E-state index is 15.0. The molecule has 0 saturated carbocycles. The minimum atomic E-state index is -0.886. The second kappa shape index (κ2) is 37.4. The number of hydrogen-bond donors (Lipinski definition) is 0. The number of rotatable bonds is 10. The fraction of sp³-hybridized carbons (Fsp3) is 0.304. The summed E-state index contributed by atoms with van der Waals surface area (Å²) < 4.78 is 168. The fourth-order valence-corrected chi connectivity index (χ4v) is 20.5. The molecule has 0 amide bonds. The lowest BCUT2D eigenvalue weighted by Crippen LogP contribution is -2.32. The van der Waals surface area contributed by atoms with Crippen LogP contribution in [-0.4, -0.2) is 24.9 Å². The van der Waals surface area contributed by atoms with Gasteiger partial charge >= 0.3 is 0 Å². The number of fused-ring (bicyclic) bond motifs is 15. The summed E-state index contributed by atoms with van der Waals surface area (Å²) in [5.74, 6) is -3.67. The minimum absolute atomic E-state index is 0.0127. The van der Waals surface area contributed by atoms with Gasteiger partial charge in [-0.15, -0.1) is 0 Å². The van der Waals surface area contributed by atoms with Crippen molar-refractivity contribution in [1.29, 1.82) is 0 Å². The SMILES string of the molecule is Cc1c[n+](C)c(-c2c(C)cc(C)c3c2oc2nc(F)cc(F)c23)cc1C(C)C.Cc1c[n+](C)c(-c2c(C)cc(C)c3c2oc2nc(F)ccc23)cc1C(C)C.Cc1c[n+](C)c(-c2c(C)cc(F)c3c2oc2nc(F)c(C)cc23)cc1C(C)C.Cc1c[n+](C)c(-c2c(C)cc(F)c3c2oc2nc(F)cc(C)c23)cc1C(C)C.Cc1c[n+](C)c(-c2c(C)ccc3c2oc2nc(F)c(C)c(F)c23)cc1C(C)C. The summed E-state index contributed by atoms with van der Waals surface area (Å²) in [5, 5.41) is 5.28. The van der Waals surface area contributed by atoms with Crippen LogP contribution in [-0.2, 0) is 35.2 Å². The van der Waals surface area contributed by atoms with Gasteiger partial charge in [0.25, 0.3) is 0 Å². The Kier molecular flexibility index (Phi) is 26.4.